The highest BCUT2D eigenvalue weighted by Gasteiger charge is 2.24. The number of hydrogen-bond donors (Lipinski definition) is 1. The summed E-state index contributed by atoms with van der Waals surface area (Å²) in [5.74, 6) is 0.557. The maximum Gasteiger partial charge on any atom is 0.338 e. The second-order valence-electron chi connectivity index (χ2n) is 8.55. The van der Waals surface area contributed by atoms with Gasteiger partial charge in [-0.25, -0.2) is 9.78 Å². The fourth-order valence-electron chi connectivity index (χ4n) is 4.03. The number of pyridine rings is 1. The van der Waals surface area contributed by atoms with Crippen LogP contribution in [0.15, 0.2) is 79.1 Å². The zero-order valence-electron chi connectivity index (χ0n) is 21.3. The number of carbonyl (C=O) groups excluding carboxylic acids is 1. The summed E-state index contributed by atoms with van der Waals surface area (Å²) in [4.78, 5) is 16.1. The van der Waals surface area contributed by atoms with Gasteiger partial charge in [-0.3, -0.25) is 0 Å². The van der Waals surface area contributed by atoms with Gasteiger partial charge in [0.1, 0.15) is 22.2 Å². The Bertz CT molecular complexity index is 1480. The maximum atomic E-state index is 13.2. The van der Waals surface area contributed by atoms with Crippen molar-refractivity contribution in [1.29, 1.82) is 5.26 Å². The van der Waals surface area contributed by atoms with Gasteiger partial charge in [-0.15, -0.1) is 0 Å². The summed E-state index contributed by atoms with van der Waals surface area (Å²) in [7, 11) is 3.09. The van der Waals surface area contributed by atoms with Crippen LogP contribution in [0.2, 0.25) is 10.0 Å². The van der Waals surface area contributed by atoms with Crippen molar-refractivity contribution in [3.8, 4) is 17.6 Å². The summed E-state index contributed by atoms with van der Waals surface area (Å²) in [5, 5.41) is 13.4. The molecule has 0 saturated carbocycles. The number of rotatable bonds is 10. The maximum absolute atomic E-state index is 13.2. The van der Waals surface area contributed by atoms with Crippen LogP contribution in [0.1, 0.15) is 38.7 Å². The van der Waals surface area contributed by atoms with Gasteiger partial charge in [-0.2, -0.15) is 5.26 Å². The number of anilines is 1. The molecule has 198 valence electrons. The third kappa shape index (κ3) is 6.80. The van der Waals surface area contributed by atoms with Crippen LogP contribution in [0, 0.1) is 11.3 Å². The first-order valence-corrected chi connectivity index (χ1v) is 12.8. The molecule has 0 aliphatic rings. The third-order valence-electron chi connectivity index (χ3n) is 6.14. The Morgan fingerprint density at radius 2 is 1.67 bits per heavy atom. The summed E-state index contributed by atoms with van der Waals surface area (Å²) in [6.45, 7) is 0.490. The lowest BCUT2D eigenvalue weighted by Gasteiger charge is -2.20. The van der Waals surface area contributed by atoms with Crippen molar-refractivity contribution in [1.82, 2.24) is 0 Å². The Morgan fingerprint density at radius 1 is 0.974 bits per heavy atom. The van der Waals surface area contributed by atoms with Crippen molar-refractivity contribution >= 4 is 34.9 Å². The van der Waals surface area contributed by atoms with Crippen LogP contribution >= 0.6 is 23.2 Å². The summed E-state index contributed by atoms with van der Waals surface area (Å²) in [5.41, 5.74) is 3.98. The van der Waals surface area contributed by atoms with E-state index in [1.807, 2.05) is 36.4 Å². The number of H-pyrrole nitrogens is 1. The predicted molar refractivity (Wildman–Crippen MR) is 149 cm³/mol. The van der Waals surface area contributed by atoms with E-state index in [-0.39, 0.29) is 6.42 Å². The van der Waals surface area contributed by atoms with Gasteiger partial charge in [-0.05, 0) is 47.5 Å². The predicted octanol–water partition coefficient (Wildman–Crippen LogP) is 6.45. The Kier molecular flexibility index (Phi) is 9.27. The topological polar surface area (TPSA) is 94.7 Å². The minimum Gasteiger partial charge on any atom is -0.493 e. The van der Waals surface area contributed by atoms with Crippen LogP contribution in [0.3, 0.4) is 0 Å². The first-order chi connectivity index (χ1) is 18.9. The number of nitriles is 1. The number of carbonyl (C=O) groups is 1. The summed E-state index contributed by atoms with van der Waals surface area (Å²) < 4.78 is 16.8. The number of nitrogens with zero attached hydrogens (tertiary/aromatic N) is 1. The molecule has 0 radical (unpaired) electrons. The molecule has 2 N–H and O–H groups in total. The quantitative estimate of drug-likeness (QED) is 0.223. The highest BCUT2D eigenvalue weighted by molar-refractivity contribution is 6.35. The number of hydrogen-bond acceptors (Lipinski definition) is 6. The Morgan fingerprint density at radius 3 is 2.33 bits per heavy atom. The number of benzene rings is 3. The number of halogens is 2. The number of aromatic amines is 1. The smallest absolute Gasteiger partial charge is 0.338 e. The lowest BCUT2D eigenvalue weighted by molar-refractivity contribution is -0.377. The largest absolute Gasteiger partial charge is 0.493 e. The van der Waals surface area contributed by atoms with Crippen molar-refractivity contribution in [2.75, 3.05) is 19.5 Å². The molecule has 1 aromatic heterocycles. The van der Waals surface area contributed by atoms with Gasteiger partial charge in [0.25, 0.3) is 0 Å². The number of ether oxygens (including phenoxy) is 3. The molecule has 0 unspecified atom stereocenters. The van der Waals surface area contributed by atoms with E-state index >= 15 is 0 Å². The summed E-state index contributed by atoms with van der Waals surface area (Å²) in [6, 6.07) is 21.9. The van der Waals surface area contributed by atoms with Crippen LogP contribution < -0.4 is 19.8 Å². The molecule has 0 amide bonds. The zero-order chi connectivity index (χ0) is 27.8. The molecule has 0 fully saturated rings. The molecule has 9 heteroatoms. The van der Waals surface area contributed by atoms with E-state index in [9.17, 15) is 10.1 Å². The van der Waals surface area contributed by atoms with E-state index in [0.717, 1.165) is 11.3 Å². The zero-order valence-corrected chi connectivity index (χ0v) is 22.8. The first kappa shape index (κ1) is 27.8. The van der Waals surface area contributed by atoms with Crippen molar-refractivity contribution in [2.45, 2.75) is 19.1 Å². The lowest BCUT2D eigenvalue weighted by Crippen LogP contribution is -2.16. The minimum atomic E-state index is -0.710. The fourth-order valence-corrected chi connectivity index (χ4v) is 4.56. The number of nitrogens with one attached hydrogen (secondary N) is 2. The molecule has 1 atom stereocenters. The molecule has 0 saturated heterocycles. The van der Waals surface area contributed by atoms with Gasteiger partial charge in [0, 0.05) is 18.5 Å². The molecule has 39 heavy (non-hydrogen) atoms. The Hall–Kier alpha value is -4.25. The van der Waals surface area contributed by atoms with E-state index in [1.165, 1.54) is 0 Å². The molecule has 3 aromatic carbocycles. The minimum absolute atomic E-state index is 0.244. The molecule has 4 aromatic rings. The molecular weight excluding hydrogens is 537 g/mol. The summed E-state index contributed by atoms with van der Waals surface area (Å²) >= 11 is 12.8. The Balaban J connectivity index is 1.54. The second-order valence-corrected chi connectivity index (χ2v) is 9.36. The third-order valence-corrected chi connectivity index (χ3v) is 6.81. The number of para-hydroxylation sites is 1. The van der Waals surface area contributed by atoms with Crippen molar-refractivity contribution in [3.63, 3.8) is 0 Å². The molecule has 0 aliphatic carbocycles. The molecule has 0 aliphatic heterocycles. The van der Waals surface area contributed by atoms with E-state index in [1.54, 1.807) is 56.9 Å². The van der Waals surface area contributed by atoms with Crippen LogP contribution in [0.5, 0.6) is 11.5 Å². The fraction of sp³-hybridized carbons (Fsp3) is 0.167. The Labute approximate surface area is 236 Å². The highest BCUT2D eigenvalue weighted by Crippen LogP contribution is 2.35. The average molecular weight is 563 g/mol. The molecular formula is C30H26Cl2N3O4+. The van der Waals surface area contributed by atoms with Crippen molar-refractivity contribution in [3.05, 3.63) is 117 Å². The van der Waals surface area contributed by atoms with Crippen molar-refractivity contribution < 1.29 is 24.0 Å². The first-order valence-electron chi connectivity index (χ1n) is 12.0. The molecule has 0 bridgehead atoms. The molecule has 1 heterocycles. The van der Waals surface area contributed by atoms with Gasteiger partial charge in [0.15, 0.2) is 23.9 Å². The van der Waals surface area contributed by atoms with Crippen LogP contribution in [-0.2, 0) is 17.7 Å². The summed E-state index contributed by atoms with van der Waals surface area (Å²) in [6.07, 6.45) is 2.78. The van der Waals surface area contributed by atoms with E-state index < -0.39 is 12.1 Å². The molecule has 4 rings (SSSR count). The SMILES string of the molecule is COc1ccc([C@H](Cc2c(Cl)c[nH+]cc2Cl)OC(=O)c2ccc(CNc3ccccc3C#N)cc2)cc1OC. The normalized spacial score (nSPS) is 11.3. The van der Waals surface area contributed by atoms with Gasteiger partial charge in [0.2, 0.25) is 0 Å². The standard InChI is InChI=1S/C30H25Cl2N3O4/c1-37-27-12-11-21(13-29(27)38-2)28(14-23-24(31)17-34-18-25(23)32)39-30(36)20-9-7-19(8-10-20)16-35-26-6-4-3-5-22(26)15-33/h3-13,17-18,28,35H,14,16H2,1-2H3/p+1/t28-/m0/s1. The average Bonchev–Trinajstić information content (AvgIpc) is 2.97. The van der Waals surface area contributed by atoms with Crippen LogP contribution in [-0.4, -0.2) is 20.2 Å². The van der Waals surface area contributed by atoms with E-state index in [4.69, 9.17) is 37.4 Å². The highest BCUT2D eigenvalue weighted by atomic mass is 35.5. The van der Waals surface area contributed by atoms with Gasteiger partial charge >= 0.3 is 5.97 Å². The number of aromatic nitrogens is 1. The lowest BCUT2D eigenvalue weighted by atomic mass is 10.0. The van der Waals surface area contributed by atoms with Gasteiger partial charge in [0.05, 0.1) is 31.0 Å². The van der Waals surface area contributed by atoms with E-state index in [0.29, 0.717) is 50.3 Å². The van der Waals surface area contributed by atoms with Gasteiger partial charge < -0.3 is 19.5 Å². The monoisotopic (exact) mass is 562 g/mol. The molecule has 7 nitrogen and oxygen atoms in total. The van der Waals surface area contributed by atoms with Gasteiger partial charge in [-0.1, -0.05) is 53.5 Å². The number of esters is 1. The van der Waals surface area contributed by atoms with Crippen molar-refractivity contribution in [2.24, 2.45) is 0 Å². The van der Waals surface area contributed by atoms with Crippen LogP contribution in [0.25, 0.3) is 0 Å². The number of methoxy groups -OCH3 is 2. The second kappa shape index (κ2) is 13.0. The molecule has 0 spiro atoms. The van der Waals surface area contributed by atoms with Crippen LogP contribution in [0.4, 0.5) is 5.69 Å². The van der Waals surface area contributed by atoms with E-state index in [2.05, 4.69) is 16.4 Å².